The van der Waals surface area contributed by atoms with Crippen molar-refractivity contribution < 1.29 is 19.1 Å². The van der Waals surface area contributed by atoms with E-state index in [0.29, 0.717) is 34.8 Å². The summed E-state index contributed by atoms with van der Waals surface area (Å²) in [5.74, 6) is 0.969. The van der Waals surface area contributed by atoms with Crippen LogP contribution >= 0.6 is 0 Å². The molecule has 6 heteroatoms. The standard InChI is InChI=1S/C20H25NO5/c1-6-7-13-8-16(22)26-20-17(13)14(24-10(2)3)9-15-18(20)19(21-23)11(4)12(5)25-15/h8-12,23H,6-7H2,1-5H3/b21-19-/t11-,12-/m1/s1. The summed E-state index contributed by atoms with van der Waals surface area (Å²) in [6.07, 6.45) is 1.36. The van der Waals surface area contributed by atoms with Crippen molar-refractivity contribution in [1.82, 2.24) is 0 Å². The van der Waals surface area contributed by atoms with E-state index >= 15 is 0 Å². The zero-order valence-corrected chi connectivity index (χ0v) is 15.8. The molecular weight excluding hydrogens is 334 g/mol. The average Bonchev–Trinajstić information content (AvgIpc) is 2.56. The Hall–Kier alpha value is -2.50. The minimum atomic E-state index is -0.437. The first kappa shape index (κ1) is 18.3. The average molecular weight is 359 g/mol. The molecule has 2 atom stereocenters. The second-order valence-electron chi connectivity index (χ2n) is 7.06. The van der Waals surface area contributed by atoms with E-state index < -0.39 is 5.63 Å². The number of nitrogens with zero attached hydrogens (tertiary/aromatic N) is 1. The van der Waals surface area contributed by atoms with Crippen LogP contribution in [-0.2, 0) is 6.42 Å². The van der Waals surface area contributed by atoms with Gasteiger partial charge in [-0.05, 0) is 32.8 Å². The normalized spacial score (nSPS) is 21.1. The van der Waals surface area contributed by atoms with E-state index in [1.165, 1.54) is 6.07 Å². The Morgan fingerprint density at radius 2 is 2.04 bits per heavy atom. The third-order valence-corrected chi connectivity index (χ3v) is 4.72. The molecule has 0 saturated heterocycles. The highest BCUT2D eigenvalue weighted by atomic mass is 16.5. The number of benzene rings is 1. The van der Waals surface area contributed by atoms with Gasteiger partial charge in [-0.25, -0.2) is 4.79 Å². The van der Waals surface area contributed by atoms with E-state index in [2.05, 4.69) is 12.1 Å². The predicted octanol–water partition coefficient (Wildman–Crippen LogP) is 4.13. The van der Waals surface area contributed by atoms with Crippen LogP contribution in [-0.4, -0.2) is 23.1 Å². The van der Waals surface area contributed by atoms with Crippen LogP contribution in [0.2, 0.25) is 0 Å². The van der Waals surface area contributed by atoms with Crippen molar-refractivity contribution in [2.24, 2.45) is 11.1 Å². The lowest BCUT2D eigenvalue weighted by molar-refractivity contribution is 0.176. The fraction of sp³-hybridized carbons (Fsp3) is 0.500. The first-order chi connectivity index (χ1) is 12.4. The summed E-state index contributed by atoms with van der Waals surface area (Å²) in [5, 5.41) is 13.9. The van der Waals surface area contributed by atoms with Crippen LogP contribution in [0, 0.1) is 5.92 Å². The van der Waals surface area contributed by atoms with Crippen molar-refractivity contribution in [3.8, 4) is 11.5 Å². The lowest BCUT2D eigenvalue weighted by atomic mass is 9.88. The number of rotatable bonds is 4. The molecule has 0 spiro atoms. The molecule has 1 aromatic carbocycles. The summed E-state index contributed by atoms with van der Waals surface area (Å²) in [5.41, 5.74) is 1.77. The largest absolute Gasteiger partial charge is 0.490 e. The van der Waals surface area contributed by atoms with Gasteiger partial charge in [0.15, 0.2) is 5.58 Å². The van der Waals surface area contributed by atoms with Crippen molar-refractivity contribution in [3.05, 3.63) is 33.7 Å². The van der Waals surface area contributed by atoms with E-state index in [1.54, 1.807) is 0 Å². The van der Waals surface area contributed by atoms with Gasteiger partial charge in [-0.1, -0.05) is 25.4 Å². The van der Waals surface area contributed by atoms with Crippen molar-refractivity contribution in [2.75, 3.05) is 0 Å². The van der Waals surface area contributed by atoms with Gasteiger partial charge < -0.3 is 19.1 Å². The molecular formula is C20H25NO5. The molecule has 0 saturated carbocycles. The highest BCUT2D eigenvalue weighted by Gasteiger charge is 2.34. The quantitative estimate of drug-likeness (QED) is 0.504. The van der Waals surface area contributed by atoms with Crippen LogP contribution in [0.25, 0.3) is 11.0 Å². The van der Waals surface area contributed by atoms with Crippen molar-refractivity contribution >= 4 is 16.7 Å². The molecule has 26 heavy (non-hydrogen) atoms. The number of aryl methyl sites for hydroxylation is 1. The van der Waals surface area contributed by atoms with Crippen LogP contribution in [0.5, 0.6) is 11.5 Å². The molecule has 6 nitrogen and oxygen atoms in total. The number of hydrogen-bond donors (Lipinski definition) is 1. The Morgan fingerprint density at radius 3 is 2.65 bits per heavy atom. The van der Waals surface area contributed by atoms with Gasteiger partial charge in [-0.15, -0.1) is 0 Å². The van der Waals surface area contributed by atoms with Crippen LogP contribution < -0.4 is 15.1 Å². The van der Waals surface area contributed by atoms with Gasteiger partial charge in [0.1, 0.15) is 23.3 Å². The fourth-order valence-corrected chi connectivity index (χ4v) is 3.41. The maximum Gasteiger partial charge on any atom is 0.336 e. The second kappa shape index (κ2) is 7.02. The van der Waals surface area contributed by atoms with E-state index in [4.69, 9.17) is 13.9 Å². The van der Waals surface area contributed by atoms with Crippen molar-refractivity contribution in [2.45, 2.75) is 59.7 Å². The van der Waals surface area contributed by atoms with Crippen LogP contribution in [0.15, 0.2) is 26.5 Å². The molecule has 0 amide bonds. The van der Waals surface area contributed by atoms with E-state index in [9.17, 15) is 10.0 Å². The topological polar surface area (TPSA) is 81.3 Å². The van der Waals surface area contributed by atoms with Crippen molar-refractivity contribution in [1.29, 1.82) is 0 Å². The summed E-state index contributed by atoms with van der Waals surface area (Å²) in [6, 6.07) is 3.32. The van der Waals surface area contributed by atoms with E-state index in [0.717, 1.165) is 17.4 Å². The molecule has 2 heterocycles. The molecule has 0 unspecified atom stereocenters. The van der Waals surface area contributed by atoms with Gasteiger partial charge in [0.25, 0.3) is 0 Å². The lowest BCUT2D eigenvalue weighted by Crippen LogP contribution is -2.34. The molecule has 1 aliphatic heterocycles. The summed E-state index contributed by atoms with van der Waals surface area (Å²) in [4.78, 5) is 12.2. The van der Waals surface area contributed by atoms with Crippen molar-refractivity contribution in [3.63, 3.8) is 0 Å². The number of fused-ring (bicyclic) bond motifs is 3. The van der Waals surface area contributed by atoms with Crippen LogP contribution in [0.1, 0.15) is 52.2 Å². The summed E-state index contributed by atoms with van der Waals surface area (Å²) in [7, 11) is 0. The number of hydrogen-bond acceptors (Lipinski definition) is 6. The molecule has 3 rings (SSSR count). The molecule has 140 valence electrons. The van der Waals surface area contributed by atoms with Gasteiger partial charge in [-0.2, -0.15) is 0 Å². The molecule has 0 radical (unpaired) electrons. The minimum absolute atomic E-state index is 0.0522. The molecule has 1 N–H and O–H groups in total. The first-order valence-electron chi connectivity index (χ1n) is 9.06. The lowest BCUT2D eigenvalue weighted by Gasteiger charge is -2.31. The Kier molecular flexibility index (Phi) is 4.94. The zero-order valence-electron chi connectivity index (χ0n) is 15.8. The first-order valence-corrected chi connectivity index (χ1v) is 9.06. The van der Waals surface area contributed by atoms with Gasteiger partial charge in [0.2, 0.25) is 0 Å². The molecule has 0 fully saturated rings. The van der Waals surface area contributed by atoms with Crippen LogP contribution in [0.4, 0.5) is 0 Å². The SMILES string of the molecule is CCCc1cc(=O)oc2c3c(cc(OC(C)C)c12)O[C@H](C)[C@@H](C)/C3=N/O. The molecule has 2 aromatic rings. The summed E-state index contributed by atoms with van der Waals surface area (Å²) >= 11 is 0. The Bertz CT molecular complexity index is 913. The second-order valence-corrected chi connectivity index (χ2v) is 7.06. The molecule has 1 aromatic heterocycles. The fourth-order valence-electron chi connectivity index (χ4n) is 3.41. The van der Waals surface area contributed by atoms with Gasteiger partial charge in [0.05, 0.1) is 17.1 Å². The maximum absolute atomic E-state index is 12.2. The van der Waals surface area contributed by atoms with E-state index in [-0.39, 0.29) is 18.1 Å². The molecule has 0 bridgehead atoms. The monoisotopic (exact) mass is 359 g/mol. The predicted molar refractivity (Wildman–Crippen MR) is 99.8 cm³/mol. The Balaban J connectivity index is 2.43. The zero-order chi connectivity index (χ0) is 19.0. The number of ether oxygens (including phenoxy) is 2. The van der Waals surface area contributed by atoms with Gasteiger partial charge in [0, 0.05) is 18.1 Å². The third kappa shape index (κ3) is 3.04. The maximum atomic E-state index is 12.2. The van der Waals surface area contributed by atoms with E-state index in [1.807, 2.05) is 33.8 Å². The third-order valence-electron chi connectivity index (χ3n) is 4.72. The summed E-state index contributed by atoms with van der Waals surface area (Å²) in [6.45, 7) is 9.76. The summed E-state index contributed by atoms with van der Waals surface area (Å²) < 4.78 is 17.6. The Labute approximate surface area is 152 Å². The van der Waals surface area contributed by atoms with Crippen LogP contribution in [0.3, 0.4) is 0 Å². The molecule has 1 aliphatic rings. The minimum Gasteiger partial charge on any atom is -0.490 e. The number of oxime groups is 1. The highest BCUT2D eigenvalue weighted by Crippen LogP contribution is 2.42. The van der Waals surface area contributed by atoms with Gasteiger partial charge >= 0.3 is 5.63 Å². The smallest absolute Gasteiger partial charge is 0.336 e. The molecule has 0 aliphatic carbocycles. The van der Waals surface area contributed by atoms with Gasteiger partial charge in [-0.3, -0.25) is 0 Å². The highest BCUT2D eigenvalue weighted by molar-refractivity contribution is 6.14. The Morgan fingerprint density at radius 1 is 1.31 bits per heavy atom.